The predicted molar refractivity (Wildman–Crippen MR) is 104 cm³/mol. The first-order valence-electron chi connectivity index (χ1n) is 7.92. The Bertz CT molecular complexity index is 1010. The van der Waals surface area contributed by atoms with E-state index >= 15 is 0 Å². The normalized spacial score (nSPS) is 10.9. The summed E-state index contributed by atoms with van der Waals surface area (Å²) >= 11 is 1.58. The number of hydrazone groups is 1. The molecule has 0 amide bonds. The summed E-state index contributed by atoms with van der Waals surface area (Å²) in [6.45, 7) is 0. The Morgan fingerprint density at radius 2 is 1.92 bits per heavy atom. The van der Waals surface area contributed by atoms with Gasteiger partial charge in [0.1, 0.15) is 10.8 Å². The Morgan fingerprint density at radius 1 is 0.923 bits per heavy atom. The number of anilines is 1. The molecular formula is C19H14N6S. The molecule has 0 saturated carbocycles. The van der Waals surface area contributed by atoms with Gasteiger partial charge in [-0.25, -0.2) is 15.0 Å². The van der Waals surface area contributed by atoms with E-state index in [1.165, 1.54) is 0 Å². The van der Waals surface area contributed by atoms with E-state index in [2.05, 4.69) is 30.5 Å². The fourth-order valence-corrected chi connectivity index (χ4v) is 3.15. The monoisotopic (exact) mass is 358 g/mol. The number of hydrogen-bond donors (Lipinski definition) is 1. The molecular weight excluding hydrogens is 344 g/mol. The van der Waals surface area contributed by atoms with Crippen molar-refractivity contribution in [1.82, 2.24) is 19.9 Å². The quantitative estimate of drug-likeness (QED) is 0.429. The Labute approximate surface area is 154 Å². The maximum absolute atomic E-state index is 4.63. The van der Waals surface area contributed by atoms with Crippen LogP contribution in [0.5, 0.6) is 0 Å². The van der Waals surface area contributed by atoms with Gasteiger partial charge in [-0.2, -0.15) is 5.10 Å². The summed E-state index contributed by atoms with van der Waals surface area (Å²) < 4.78 is 0. The van der Waals surface area contributed by atoms with E-state index in [1.807, 2.05) is 60.9 Å². The zero-order valence-corrected chi connectivity index (χ0v) is 14.5. The van der Waals surface area contributed by atoms with Gasteiger partial charge in [-0.1, -0.05) is 12.1 Å². The molecule has 0 atom stereocenters. The van der Waals surface area contributed by atoms with Crippen LogP contribution in [0.1, 0.15) is 5.69 Å². The first kappa shape index (κ1) is 16.0. The van der Waals surface area contributed by atoms with Crippen LogP contribution in [0.2, 0.25) is 0 Å². The molecule has 7 heteroatoms. The van der Waals surface area contributed by atoms with Crippen LogP contribution < -0.4 is 5.43 Å². The van der Waals surface area contributed by atoms with Gasteiger partial charge in [0.15, 0.2) is 0 Å². The highest BCUT2D eigenvalue weighted by atomic mass is 32.1. The lowest BCUT2D eigenvalue weighted by Gasteiger charge is -1.99. The second-order valence-corrected chi connectivity index (χ2v) is 6.33. The lowest BCUT2D eigenvalue weighted by molar-refractivity contribution is 1.22. The van der Waals surface area contributed by atoms with Crippen LogP contribution in [-0.4, -0.2) is 26.2 Å². The summed E-state index contributed by atoms with van der Waals surface area (Å²) in [5, 5.41) is 5.10. The predicted octanol–water partition coefficient (Wildman–Crippen LogP) is 4.11. The number of aromatic nitrogens is 4. The van der Waals surface area contributed by atoms with Crippen LogP contribution in [-0.2, 0) is 0 Å². The Balaban J connectivity index is 1.52. The second kappa shape index (κ2) is 7.62. The van der Waals surface area contributed by atoms with Crippen molar-refractivity contribution in [2.45, 2.75) is 0 Å². The first-order chi connectivity index (χ1) is 12.9. The van der Waals surface area contributed by atoms with Gasteiger partial charge in [-0.05, 0) is 36.4 Å². The van der Waals surface area contributed by atoms with Gasteiger partial charge >= 0.3 is 0 Å². The largest absolute Gasteiger partial charge is 0.264 e. The van der Waals surface area contributed by atoms with E-state index in [0.29, 0.717) is 5.82 Å². The molecule has 4 heterocycles. The van der Waals surface area contributed by atoms with Gasteiger partial charge in [0.25, 0.3) is 0 Å². The molecule has 0 unspecified atom stereocenters. The van der Waals surface area contributed by atoms with Crippen molar-refractivity contribution in [3.05, 3.63) is 79.0 Å². The fraction of sp³-hybridized carbons (Fsp3) is 0. The molecule has 0 aliphatic rings. The third-order valence-electron chi connectivity index (χ3n) is 3.48. The highest BCUT2D eigenvalue weighted by molar-refractivity contribution is 7.18. The van der Waals surface area contributed by atoms with Crippen LogP contribution in [0.4, 0.5) is 5.82 Å². The van der Waals surface area contributed by atoms with Crippen LogP contribution in [0.15, 0.2) is 78.4 Å². The minimum atomic E-state index is 0.684. The first-order valence-corrected chi connectivity index (χ1v) is 8.74. The van der Waals surface area contributed by atoms with Crippen LogP contribution >= 0.6 is 11.3 Å². The molecule has 0 aliphatic heterocycles. The van der Waals surface area contributed by atoms with Crippen molar-refractivity contribution < 1.29 is 0 Å². The number of thiazole rings is 1. The number of nitrogens with zero attached hydrogens (tertiary/aromatic N) is 5. The van der Waals surface area contributed by atoms with E-state index in [9.17, 15) is 0 Å². The number of pyridine rings is 3. The maximum Gasteiger partial charge on any atom is 0.146 e. The minimum absolute atomic E-state index is 0.684. The standard InChI is InChI=1S/C19H14N6S/c1-2-10-21-18(8-1)25-23-12-15-6-3-7-16(24-15)17-13-22-19(26-17)14-5-4-9-20-11-14/h1-13H,(H,21,25)/b23-12+. The summed E-state index contributed by atoms with van der Waals surface area (Å²) in [4.78, 5) is 18.4. The summed E-state index contributed by atoms with van der Waals surface area (Å²) in [5.41, 5.74) is 5.49. The summed E-state index contributed by atoms with van der Waals surface area (Å²) in [6, 6.07) is 15.3. The lowest BCUT2D eigenvalue weighted by atomic mass is 10.3. The zero-order valence-electron chi connectivity index (χ0n) is 13.6. The van der Waals surface area contributed by atoms with Gasteiger partial charge in [-0.3, -0.25) is 10.4 Å². The SMILES string of the molecule is C(=N\Nc1ccccn1)/c1cccc(-c2cnc(-c3cccnc3)s2)n1. The van der Waals surface area contributed by atoms with Gasteiger partial charge in [0, 0.05) is 30.4 Å². The van der Waals surface area contributed by atoms with Gasteiger partial charge in [0.2, 0.25) is 0 Å². The highest BCUT2D eigenvalue weighted by Gasteiger charge is 2.08. The Kier molecular flexibility index (Phi) is 4.70. The number of nitrogens with one attached hydrogen (secondary N) is 1. The smallest absolute Gasteiger partial charge is 0.146 e. The summed E-state index contributed by atoms with van der Waals surface area (Å²) in [5.74, 6) is 0.684. The fourth-order valence-electron chi connectivity index (χ4n) is 2.27. The summed E-state index contributed by atoms with van der Waals surface area (Å²) in [7, 11) is 0. The zero-order chi connectivity index (χ0) is 17.6. The van der Waals surface area contributed by atoms with E-state index in [4.69, 9.17) is 0 Å². The van der Waals surface area contributed by atoms with Crippen molar-refractivity contribution in [3.63, 3.8) is 0 Å². The van der Waals surface area contributed by atoms with Crippen LogP contribution in [0.25, 0.3) is 21.1 Å². The number of hydrogen-bond acceptors (Lipinski definition) is 7. The van der Waals surface area contributed by atoms with Crippen molar-refractivity contribution in [2.75, 3.05) is 5.43 Å². The lowest BCUT2D eigenvalue weighted by Crippen LogP contribution is -1.94. The highest BCUT2D eigenvalue weighted by Crippen LogP contribution is 2.30. The molecule has 0 bridgehead atoms. The van der Waals surface area contributed by atoms with Crippen molar-refractivity contribution in [2.24, 2.45) is 5.10 Å². The molecule has 26 heavy (non-hydrogen) atoms. The molecule has 0 aliphatic carbocycles. The van der Waals surface area contributed by atoms with Gasteiger partial charge in [0.05, 0.1) is 22.5 Å². The van der Waals surface area contributed by atoms with E-state index in [0.717, 1.165) is 26.8 Å². The molecule has 4 rings (SSSR count). The van der Waals surface area contributed by atoms with Crippen molar-refractivity contribution in [1.29, 1.82) is 0 Å². The molecule has 1 N–H and O–H groups in total. The molecule has 6 nitrogen and oxygen atoms in total. The topological polar surface area (TPSA) is 76.0 Å². The molecule has 0 aromatic carbocycles. The summed E-state index contributed by atoms with van der Waals surface area (Å²) in [6.07, 6.45) is 8.77. The van der Waals surface area contributed by atoms with Crippen molar-refractivity contribution in [3.8, 4) is 21.1 Å². The minimum Gasteiger partial charge on any atom is -0.264 e. The molecule has 0 spiro atoms. The maximum atomic E-state index is 4.63. The van der Waals surface area contributed by atoms with Crippen LogP contribution in [0.3, 0.4) is 0 Å². The van der Waals surface area contributed by atoms with E-state index in [1.54, 1.807) is 29.9 Å². The van der Waals surface area contributed by atoms with E-state index in [-0.39, 0.29) is 0 Å². The Hall–Kier alpha value is -3.45. The average molecular weight is 358 g/mol. The van der Waals surface area contributed by atoms with Crippen molar-refractivity contribution >= 4 is 23.4 Å². The molecule has 0 radical (unpaired) electrons. The molecule has 0 fully saturated rings. The second-order valence-electron chi connectivity index (χ2n) is 5.30. The third-order valence-corrected chi connectivity index (χ3v) is 4.55. The van der Waals surface area contributed by atoms with Gasteiger partial charge < -0.3 is 0 Å². The number of rotatable bonds is 5. The molecule has 4 aromatic rings. The van der Waals surface area contributed by atoms with Crippen LogP contribution in [0, 0.1) is 0 Å². The molecule has 126 valence electrons. The third kappa shape index (κ3) is 3.79. The average Bonchev–Trinajstić information content (AvgIpc) is 3.20. The Morgan fingerprint density at radius 3 is 2.77 bits per heavy atom. The van der Waals surface area contributed by atoms with E-state index < -0.39 is 0 Å². The molecule has 4 aromatic heterocycles. The van der Waals surface area contributed by atoms with Gasteiger partial charge in [-0.15, -0.1) is 11.3 Å². The molecule has 0 saturated heterocycles.